The topological polar surface area (TPSA) is 142 Å². The molecule has 0 bridgehead atoms. The zero-order chi connectivity index (χ0) is 27.3. The molecule has 2 aliphatic heterocycles. The maximum atomic E-state index is 13.3. The first-order chi connectivity index (χ1) is 17.9. The summed E-state index contributed by atoms with van der Waals surface area (Å²) in [4.78, 5) is 14.3. The number of piperidine rings is 1. The molecular formula is C23H28F3N9OS2. The van der Waals surface area contributed by atoms with Gasteiger partial charge in [0, 0.05) is 42.1 Å². The molecule has 2 atom stereocenters. The molecule has 3 aromatic rings. The lowest BCUT2D eigenvalue weighted by Gasteiger charge is -2.44. The third-order valence-corrected chi connectivity index (χ3v) is 9.84. The minimum absolute atomic E-state index is 0.0573. The molecule has 0 saturated carbocycles. The summed E-state index contributed by atoms with van der Waals surface area (Å²) < 4.78 is 53.6. The van der Waals surface area contributed by atoms with Crippen molar-refractivity contribution < 1.29 is 17.4 Å². The van der Waals surface area contributed by atoms with E-state index < -0.39 is 27.6 Å². The van der Waals surface area contributed by atoms with Crippen LogP contribution in [0.15, 0.2) is 40.6 Å². The second kappa shape index (κ2) is 9.75. The minimum Gasteiger partial charge on any atom is -0.381 e. The second-order valence-electron chi connectivity index (χ2n) is 10.3. The van der Waals surface area contributed by atoms with E-state index >= 15 is 0 Å². The number of anilines is 2. The Hall–Kier alpha value is -2.78. The first-order valence-electron chi connectivity index (χ1n) is 12.0. The van der Waals surface area contributed by atoms with Gasteiger partial charge in [0.05, 0.1) is 33.8 Å². The molecule has 2 aliphatic rings. The third-order valence-electron chi connectivity index (χ3n) is 7.53. The van der Waals surface area contributed by atoms with Gasteiger partial charge in [-0.05, 0) is 45.2 Å². The molecule has 5 heterocycles. The molecule has 1 saturated heterocycles. The SMILES string of the molecule is CC(C)(C[C@@H]1c2cnnn2CC12CCN(c1cnc(Sc3cccnc3C(F)(F)F)c(N)n1)CC2)S(N)=O. The predicted octanol–water partition coefficient (Wildman–Crippen LogP) is 3.39. The summed E-state index contributed by atoms with van der Waals surface area (Å²) in [6.07, 6.45) is 2.15. The smallest absolute Gasteiger partial charge is 0.381 e. The van der Waals surface area contributed by atoms with Crippen LogP contribution in [0.5, 0.6) is 0 Å². The van der Waals surface area contributed by atoms with Gasteiger partial charge in [0.2, 0.25) is 0 Å². The zero-order valence-corrected chi connectivity index (χ0v) is 22.5. The molecule has 10 nitrogen and oxygen atoms in total. The van der Waals surface area contributed by atoms with Gasteiger partial charge >= 0.3 is 6.18 Å². The van der Waals surface area contributed by atoms with E-state index in [1.165, 1.54) is 12.1 Å². The summed E-state index contributed by atoms with van der Waals surface area (Å²) >= 11 is 0.790. The molecule has 5 rings (SSSR count). The van der Waals surface area contributed by atoms with E-state index in [1.54, 1.807) is 12.4 Å². The average Bonchev–Trinajstić information content (AvgIpc) is 3.41. The summed E-state index contributed by atoms with van der Waals surface area (Å²) in [7, 11) is -1.48. The molecule has 0 aromatic carbocycles. The van der Waals surface area contributed by atoms with Crippen molar-refractivity contribution in [1.29, 1.82) is 0 Å². The summed E-state index contributed by atoms with van der Waals surface area (Å²) in [5.41, 5.74) is 6.10. The van der Waals surface area contributed by atoms with E-state index in [-0.39, 0.29) is 27.1 Å². The highest BCUT2D eigenvalue weighted by molar-refractivity contribution is 7.99. The number of halogens is 3. The van der Waals surface area contributed by atoms with Crippen molar-refractivity contribution in [2.24, 2.45) is 10.6 Å². The Morgan fingerprint density at radius 1 is 1.21 bits per heavy atom. The summed E-state index contributed by atoms with van der Waals surface area (Å²) in [5.74, 6) is 0.738. The first-order valence-corrected chi connectivity index (χ1v) is 14.0. The zero-order valence-electron chi connectivity index (χ0n) is 20.9. The Bertz CT molecular complexity index is 1360. The lowest BCUT2D eigenvalue weighted by atomic mass is 9.67. The number of rotatable bonds is 6. The summed E-state index contributed by atoms with van der Waals surface area (Å²) in [5, 5.41) is 14.3. The monoisotopic (exact) mass is 567 g/mol. The second-order valence-corrected chi connectivity index (χ2v) is 13.1. The Labute approximate surface area is 224 Å². The third kappa shape index (κ3) is 4.98. The number of pyridine rings is 1. The Balaban J connectivity index is 1.32. The fraction of sp³-hybridized carbons (Fsp3) is 0.522. The molecule has 0 aliphatic carbocycles. The van der Waals surface area contributed by atoms with Crippen molar-refractivity contribution in [3.05, 3.63) is 42.1 Å². The van der Waals surface area contributed by atoms with Crippen LogP contribution in [0, 0.1) is 5.41 Å². The van der Waals surface area contributed by atoms with Crippen LogP contribution in [0.25, 0.3) is 0 Å². The van der Waals surface area contributed by atoms with Gasteiger partial charge in [0.25, 0.3) is 0 Å². The fourth-order valence-electron chi connectivity index (χ4n) is 5.37. The van der Waals surface area contributed by atoms with E-state index in [9.17, 15) is 17.4 Å². The van der Waals surface area contributed by atoms with Crippen molar-refractivity contribution >= 4 is 34.4 Å². The summed E-state index contributed by atoms with van der Waals surface area (Å²) in [6.45, 7) is 5.92. The maximum absolute atomic E-state index is 13.3. The van der Waals surface area contributed by atoms with Crippen LogP contribution in [0.1, 0.15) is 50.4 Å². The van der Waals surface area contributed by atoms with E-state index in [2.05, 4.69) is 30.2 Å². The molecule has 3 aromatic heterocycles. The van der Waals surface area contributed by atoms with Gasteiger partial charge < -0.3 is 10.6 Å². The lowest BCUT2D eigenvalue weighted by Crippen LogP contribution is -2.45. The number of nitrogens with zero attached hydrogens (tertiary/aromatic N) is 7. The number of fused-ring (bicyclic) bond motifs is 1. The van der Waals surface area contributed by atoms with Crippen LogP contribution >= 0.6 is 11.8 Å². The van der Waals surface area contributed by atoms with Crippen molar-refractivity contribution in [1.82, 2.24) is 29.9 Å². The van der Waals surface area contributed by atoms with Crippen LogP contribution < -0.4 is 15.8 Å². The van der Waals surface area contributed by atoms with Crippen LogP contribution in [0.2, 0.25) is 0 Å². The van der Waals surface area contributed by atoms with E-state index in [1.807, 2.05) is 18.5 Å². The van der Waals surface area contributed by atoms with E-state index in [0.717, 1.165) is 43.0 Å². The Kier molecular flexibility index (Phi) is 6.88. The number of hydrogen-bond donors (Lipinski definition) is 2. The quantitative estimate of drug-likeness (QED) is 0.458. The van der Waals surface area contributed by atoms with Crippen LogP contribution in [-0.2, 0) is 23.7 Å². The van der Waals surface area contributed by atoms with Gasteiger partial charge in [0.1, 0.15) is 10.8 Å². The number of nitrogens with two attached hydrogens (primary N) is 2. The molecule has 15 heteroatoms. The van der Waals surface area contributed by atoms with Crippen molar-refractivity contribution in [3.63, 3.8) is 0 Å². The summed E-state index contributed by atoms with van der Waals surface area (Å²) in [6, 6.07) is 2.77. The van der Waals surface area contributed by atoms with Gasteiger partial charge in [-0.1, -0.05) is 17.0 Å². The predicted molar refractivity (Wildman–Crippen MR) is 137 cm³/mol. The van der Waals surface area contributed by atoms with Crippen LogP contribution in [-0.4, -0.2) is 52.0 Å². The highest BCUT2D eigenvalue weighted by Gasteiger charge is 2.51. The van der Waals surface area contributed by atoms with Crippen LogP contribution in [0.4, 0.5) is 24.8 Å². The molecule has 1 fully saturated rings. The van der Waals surface area contributed by atoms with E-state index in [4.69, 9.17) is 10.9 Å². The molecular weight excluding hydrogens is 539 g/mol. The van der Waals surface area contributed by atoms with Crippen molar-refractivity contribution in [2.75, 3.05) is 23.7 Å². The van der Waals surface area contributed by atoms with Gasteiger partial charge in [-0.25, -0.2) is 18.9 Å². The molecule has 0 amide bonds. The molecule has 1 spiro atoms. The Morgan fingerprint density at radius 2 is 1.95 bits per heavy atom. The van der Waals surface area contributed by atoms with Gasteiger partial charge in [0.15, 0.2) is 11.5 Å². The molecule has 0 radical (unpaired) electrons. The number of hydrogen-bond acceptors (Lipinski definition) is 9. The van der Waals surface area contributed by atoms with Crippen molar-refractivity contribution in [3.8, 4) is 0 Å². The highest BCUT2D eigenvalue weighted by Crippen LogP contribution is 2.53. The average molecular weight is 568 g/mol. The van der Waals surface area contributed by atoms with Gasteiger partial charge in [-0.3, -0.25) is 10.1 Å². The highest BCUT2D eigenvalue weighted by atomic mass is 32.2. The van der Waals surface area contributed by atoms with Gasteiger partial charge in [-0.2, -0.15) is 13.2 Å². The molecule has 38 heavy (non-hydrogen) atoms. The normalized spacial score (nSPS) is 20.1. The Morgan fingerprint density at radius 3 is 2.61 bits per heavy atom. The standard InChI is InChI=1S/C23H28F3N9OS2/c1-21(2,38(28)36)10-14-15-11-31-33-35(15)13-22(14)5-8-34(9-6-22)17-12-30-20(19(27)32-17)37-16-4-3-7-29-18(16)23(24,25)26/h3-4,7,11-12,14H,5-6,8-10,13,28H2,1-2H3,(H2,27,32)/t14-,38?/m1/s1. The van der Waals surface area contributed by atoms with E-state index in [0.29, 0.717) is 25.3 Å². The number of aromatic nitrogens is 6. The van der Waals surface area contributed by atoms with Crippen molar-refractivity contribution in [2.45, 2.75) is 66.4 Å². The van der Waals surface area contributed by atoms with Gasteiger partial charge in [-0.15, -0.1) is 5.10 Å². The first kappa shape index (κ1) is 26.8. The molecule has 204 valence electrons. The fourth-order valence-corrected chi connectivity index (χ4v) is 6.57. The lowest BCUT2D eigenvalue weighted by molar-refractivity contribution is -0.143. The molecule has 4 N–H and O–H groups in total. The number of nitrogen functional groups attached to an aromatic ring is 1. The largest absolute Gasteiger partial charge is 0.434 e. The molecule has 1 unspecified atom stereocenters. The maximum Gasteiger partial charge on any atom is 0.434 e. The minimum atomic E-state index is -4.59. The van der Waals surface area contributed by atoms with Crippen LogP contribution in [0.3, 0.4) is 0 Å². The number of alkyl halides is 3.